The van der Waals surface area contributed by atoms with Gasteiger partial charge >= 0.3 is 5.69 Å². The van der Waals surface area contributed by atoms with Gasteiger partial charge in [-0.05, 0) is 37.6 Å². The van der Waals surface area contributed by atoms with E-state index in [-0.39, 0.29) is 11.2 Å². The largest absolute Gasteiger partial charge is 0.332 e. The van der Waals surface area contributed by atoms with Gasteiger partial charge in [0.1, 0.15) is 0 Å². The number of nitrogens with zero attached hydrogens (tertiary/aromatic N) is 5. The van der Waals surface area contributed by atoms with Crippen LogP contribution in [0.25, 0.3) is 11.2 Å². The molecule has 0 fully saturated rings. The van der Waals surface area contributed by atoms with Crippen LogP contribution in [0, 0.1) is 0 Å². The van der Waals surface area contributed by atoms with E-state index >= 15 is 0 Å². The third kappa shape index (κ3) is 2.30. The molecule has 4 rings (SSSR count). The summed E-state index contributed by atoms with van der Waals surface area (Å²) in [5.41, 5.74) is 1.25. The molecule has 7 nitrogen and oxygen atoms in total. The summed E-state index contributed by atoms with van der Waals surface area (Å²) in [4.78, 5) is 31.9. The van der Waals surface area contributed by atoms with E-state index in [0.29, 0.717) is 35.2 Å². The molecule has 130 valence electrons. The SMILES string of the molecule is CCn1c(=O)c2c(nc3n2CCCN3c2ccc(Cl)cc2)n(C)c1=O. The molecule has 0 saturated heterocycles. The highest BCUT2D eigenvalue weighted by Crippen LogP contribution is 2.31. The van der Waals surface area contributed by atoms with Crippen molar-refractivity contribution in [2.45, 2.75) is 26.4 Å². The molecule has 1 aliphatic heterocycles. The quantitative estimate of drug-likeness (QED) is 0.703. The molecule has 0 radical (unpaired) electrons. The van der Waals surface area contributed by atoms with Crippen LogP contribution < -0.4 is 16.1 Å². The molecule has 0 bridgehead atoms. The van der Waals surface area contributed by atoms with Crippen molar-refractivity contribution in [1.29, 1.82) is 0 Å². The van der Waals surface area contributed by atoms with E-state index in [9.17, 15) is 9.59 Å². The van der Waals surface area contributed by atoms with Crippen molar-refractivity contribution < 1.29 is 0 Å². The summed E-state index contributed by atoms with van der Waals surface area (Å²) < 4.78 is 4.62. The van der Waals surface area contributed by atoms with Crippen molar-refractivity contribution in [2.75, 3.05) is 11.4 Å². The smallest absolute Gasteiger partial charge is 0.312 e. The van der Waals surface area contributed by atoms with Crippen LogP contribution in [0.5, 0.6) is 0 Å². The minimum absolute atomic E-state index is 0.280. The highest BCUT2D eigenvalue weighted by atomic mass is 35.5. The molecule has 2 aromatic heterocycles. The van der Waals surface area contributed by atoms with E-state index in [1.54, 1.807) is 14.0 Å². The number of fused-ring (bicyclic) bond motifs is 3. The Balaban J connectivity index is 2.01. The molecule has 0 unspecified atom stereocenters. The van der Waals surface area contributed by atoms with Gasteiger partial charge in [-0.15, -0.1) is 0 Å². The Morgan fingerprint density at radius 2 is 1.88 bits per heavy atom. The summed E-state index contributed by atoms with van der Waals surface area (Å²) in [6.07, 6.45) is 0.884. The molecule has 0 N–H and O–H groups in total. The van der Waals surface area contributed by atoms with Crippen LogP contribution in [-0.2, 0) is 20.1 Å². The lowest BCUT2D eigenvalue weighted by molar-refractivity contribution is 0.595. The first-order valence-corrected chi connectivity index (χ1v) is 8.64. The fourth-order valence-electron chi connectivity index (χ4n) is 3.41. The summed E-state index contributed by atoms with van der Waals surface area (Å²) >= 11 is 5.99. The van der Waals surface area contributed by atoms with Gasteiger partial charge in [0, 0.05) is 37.4 Å². The average Bonchev–Trinajstić information content (AvgIpc) is 3.01. The van der Waals surface area contributed by atoms with E-state index in [2.05, 4.69) is 9.88 Å². The highest BCUT2D eigenvalue weighted by Gasteiger charge is 2.26. The van der Waals surface area contributed by atoms with Gasteiger partial charge in [-0.25, -0.2) is 4.79 Å². The molecule has 0 saturated carbocycles. The van der Waals surface area contributed by atoms with E-state index in [1.807, 2.05) is 28.8 Å². The topological polar surface area (TPSA) is 65.1 Å². The molecule has 0 amide bonds. The first-order valence-electron chi connectivity index (χ1n) is 8.26. The molecule has 0 aliphatic carbocycles. The minimum Gasteiger partial charge on any atom is -0.312 e. The Kier molecular flexibility index (Phi) is 3.68. The van der Waals surface area contributed by atoms with Gasteiger partial charge in [0.25, 0.3) is 5.56 Å². The Bertz CT molecular complexity index is 1080. The van der Waals surface area contributed by atoms with Crippen molar-refractivity contribution >= 4 is 34.4 Å². The summed E-state index contributed by atoms with van der Waals surface area (Å²) in [6.45, 7) is 3.62. The van der Waals surface area contributed by atoms with Crippen LogP contribution in [0.15, 0.2) is 33.9 Å². The van der Waals surface area contributed by atoms with Crippen LogP contribution in [0.1, 0.15) is 13.3 Å². The number of hydrogen-bond donors (Lipinski definition) is 0. The van der Waals surface area contributed by atoms with Crippen LogP contribution in [0.4, 0.5) is 11.6 Å². The number of halogens is 1. The van der Waals surface area contributed by atoms with Crippen LogP contribution in [0.2, 0.25) is 5.02 Å². The standard InChI is InChI=1S/C17H18ClN5O2/c1-3-21-15(24)13-14(20(2)17(21)25)19-16-22(9-4-10-23(13)16)12-7-5-11(18)6-8-12/h5-8H,3-4,9-10H2,1-2H3. The molecule has 1 aliphatic rings. The lowest BCUT2D eigenvalue weighted by Crippen LogP contribution is -2.39. The number of aryl methyl sites for hydroxylation is 2. The normalized spacial score (nSPS) is 14.1. The van der Waals surface area contributed by atoms with Gasteiger partial charge in [-0.2, -0.15) is 4.98 Å². The zero-order chi connectivity index (χ0) is 17.7. The first kappa shape index (κ1) is 16.0. The number of imidazole rings is 1. The third-order valence-electron chi connectivity index (χ3n) is 4.67. The van der Waals surface area contributed by atoms with Gasteiger partial charge in [0.05, 0.1) is 0 Å². The highest BCUT2D eigenvalue weighted by molar-refractivity contribution is 6.30. The average molecular weight is 360 g/mol. The molecule has 25 heavy (non-hydrogen) atoms. The second-order valence-corrected chi connectivity index (χ2v) is 6.54. The zero-order valence-corrected chi connectivity index (χ0v) is 14.8. The molecule has 1 aromatic carbocycles. The van der Waals surface area contributed by atoms with Crippen LogP contribution in [0.3, 0.4) is 0 Å². The second-order valence-electron chi connectivity index (χ2n) is 6.11. The van der Waals surface area contributed by atoms with Crippen molar-refractivity contribution in [2.24, 2.45) is 7.05 Å². The number of benzene rings is 1. The van der Waals surface area contributed by atoms with Crippen molar-refractivity contribution in [3.8, 4) is 0 Å². The van der Waals surface area contributed by atoms with E-state index in [4.69, 9.17) is 11.6 Å². The van der Waals surface area contributed by atoms with Crippen molar-refractivity contribution in [3.63, 3.8) is 0 Å². The third-order valence-corrected chi connectivity index (χ3v) is 4.92. The van der Waals surface area contributed by atoms with Gasteiger partial charge < -0.3 is 9.47 Å². The Hall–Kier alpha value is -2.54. The summed E-state index contributed by atoms with van der Waals surface area (Å²) in [5, 5.41) is 0.669. The summed E-state index contributed by atoms with van der Waals surface area (Å²) in [6, 6.07) is 7.53. The Labute approximate surface area is 148 Å². The van der Waals surface area contributed by atoms with Gasteiger partial charge in [0.15, 0.2) is 11.2 Å². The van der Waals surface area contributed by atoms with Gasteiger partial charge in [-0.1, -0.05) is 11.6 Å². The van der Waals surface area contributed by atoms with Gasteiger partial charge in [0.2, 0.25) is 5.95 Å². The van der Waals surface area contributed by atoms with Crippen molar-refractivity contribution in [3.05, 3.63) is 50.1 Å². The predicted octanol–water partition coefficient (Wildman–Crippen LogP) is 2.11. The van der Waals surface area contributed by atoms with Crippen molar-refractivity contribution in [1.82, 2.24) is 18.7 Å². The first-order chi connectivity index (χ1) is 12.0. The lowest BCUT2D eigenvalue weighted by Gasteiger charge is -2.29. The van der Waals surface area contributed by atoms with Gasteiger partial charge in [-0.3, -0.25) is 13.9 Å². The molecule has 3 heterocycles. The van der Waals surface area contributed by atoms with E-state index in [0.717, 1.165) is 18.7 Å². The molecule has 0 atom stereocenters. The fraction of sp³-hybridized carbons (Fsp3) is 0.353. The van der Waals surface area contributed by atoms with E-state index < -0.39 is 0 Å². The van der Waals surface area contributed by atoms with E-state index in [1.165, 1.54) is 9.13 Å². The second kappa shape index (κ2) is 5.77. The molecular weight excluding hydrogens is 342 g/mol. The number of aromatic nitrogens is 4. The summed E-state index contributed by atoms with van der Waals surface area (Å²) in [7, 11) is 1.65. The Morgan fingerprint density at radius 3 is 2.56 bits per heavy atom. The monoisotopic (exact) mass is 359 g/mol. The summed E-state index contributed by atoms with van der Waals surface area (Å²) in [5.74, 6) is 0.685. The minimum atomic E-state index is -0.339. The molecular formula is C17H18ClN5O2. The Morgan fingerprint density at radius 1 is 1.16 bits per heavy atom. The maximum Gasteiger partial charge on any atom is 0.332 e. The number of hydrogen-bond acceptors (Lipinski definition) is 4. The number of rotatable bonds is 2. The van der Waals surface area contributed by atoms with Crippen LogP contribution in [-0.4, -0.2) is 25.2 Å². The predicted molar refractivity (Wildman–Crippen MR) is 98.0 cm³/mol. The van der Waals surface area contributed by atoms with Crippen LogP contribution >= 0.6 is 11.6 Å². The number of anilines is 2. The lowest BCUT2D eigenvalue weighted by atomic mass is 10.2. The molecule has 8 heteroatoms. The molecule has 0 spiro atoms. The zero-order valence-electron chi connectivity index (χ0n) is 14.1. The maximum atomic E-state index is 12.8. The fourth-order valence-corrected chi connectivity index (χ4v) is 3.54. The maximum absolute atomic E-state index is 12.8. The molecule has 3 aromatic rings.